The van der Waals surface area contributed by atoms with Crippen LogP contribution in [0.25, 0.3) is 0 Å². The van der Waals surface area contributed by atoms with Crippen molar-refractivity contribution in [2.45, 2.75) is 13.3 Å². The second kappa shape index (κ2) is 6.12. The van der Waals surface area contributed by atoms with E-state index in [0.29, 0.717) is 19.0 Å². The molecule has 7 heteroatoms. The van der Waals surface area contributed by atoms with Gasteiger partial charge in [0.15, 0.2) is 11.0 Å². The van der Waals surface area contributed by atoms with Gasteiger partial charge in [0, 0.05) is 6.54 Å². The van der Waals surface area contributed by atoms with Crippen molar-refractivity contribution in [2.75, 3.05) is 24.2 Å². The SMILES string of the molecule is CCOC(=O)CCNc1ncnc(Cl)c1N. The Morgan fingerprint density at radius 1 is 1.62 bits per heavy atom. The van der Waals surface area contributed by atoms with Crippen LogP contribution < -0.4 is 11.1 Å². The second-order valence-electron chi connectivity index (χ2n) is 2.91. The van der Waals surface area contributed by atoms with E-state index in [4.69, 9.17) is 22.1 Å². The molecule has 1 aromatic heterocycles. The minimum Gasteiger partial charge on any atom is -0.466 e. The van der Waals surface area contributed by atoms with Crippen LogP contribution in [-0.2, 0) is 9.53 Å². The van der Waals surface area contributed by atoms with Gasteiger partial charge in [0.25, 0.3) is 0 Å². The molecule has 0 radical (unpaired) electrons. The van der Waals surface area contributed by atoms with Crippen LogP contribution in [0.3, 0.4) is 0 Å². The number of nitrogen functional groups attached to an aromatic ring is 1. The molecule has 0 atom stereocenters. The zero-order valence-corrected chi connectivity index (χ0v) is 9.62. The van der Waals surface area contributed by atoms with Crippen molar-refractivity contribution >= 4 is 29.1 Å². The van der Waals surface area contributed by atoms with Gasteiger partial charge in [-0.15, -0.1) is 0 Å². The van der Waals surface area contributed by atoms with E-state index in [9.17, 15) is 4.79 Å². The molecule has 1 aromatic rings. The van der Waals surface area contributed by atoms with Crippen LogP contribution in [-0.4, -0.2) is 29.1 Å². The van der Waals surface area contributed by atoms with Crippen molar-refractivity contribution < 1.29 is 9.53 Å². The normalized spacial score (nSPS) is 9.88. The second-order valence-corrected chi connectivity index (χ2v) is 3.27. The number of esters is 1. The molecule has 0 saturated heterocycles. The van der Waals surface area contributed by atoms with Gasteiger partial charge in [-0.3, -0.25) is 4.79 Å². The zero-order chi connectivity index (χ0) is 12.0. The number of halogens is 1. The summed E-state index contributed by atoms with van der Waals surface area (Å²) < 4.78 is 4.76. The highest BCUT2D eigenvalue weighted by Crippen LogP contribution is 2.21. The van der Waals surface area contributed by atoms with E-state index in [-0.39, 0.29) is 23.2 Å². The Bertz CT molecular complexity index is 373. The highest BCUT2D eigenvalue weighted by molar-refractivity contribution is 6.32. The number of nitrogens with one attached hydrogen (secondary N) is 1. The Balaban J connectivity index is 2.43. The summed E-state index contributed by atoms with van der Waals surface area (Å²) in [6.07, 6.45) is 1.54. The average Bonchev–Trinajstić information content (AvgIpc) is 2.25. The summed E-state index contributed by atoms with van der Waals surface area (Å²) in [5.74, 6) is 0.151. The van der Waals surface area contributed by atoms with Gasteiger partial charge in [-0.2, -0.15) is 0 Å². The summed E-state index contributed by atoms with van der Waals surface area (Å²) >= 11 is 5.70. The van der Waals surface area contributed by atoms with Crippen molar-refractivity contribution in [2.24, 2.45) is 0 Å². The maximum absolute atomic E-state index is 11.0. The van der Waals surface area contributed by atoms with Crippen LogP contribution in [0.4, 0.5) is 11.5 Å². The fraction of sp³-hybridized carbons (Fsp3) is 0.444. The molecule has 3 N–H and O–H groups in total. The third kappa shape index (κ3) is 3.54. The number of carbonyl (C=O) groups excluding carboxylic acids is 1. The molecule has 0 unspecified atom stereocenters. The fourth-order valence-corrected chi connectivity index (χ4v) is 1.16. The monoisotopic (exact) mass is 244 g/mol. The first kappa shape index (κ1) is 12.5. The van der Waals surface area contributed by atoms with Gasteiger partial charge in [-0.1, -0.05) is 11.6 Å². The highest BCUT2D eigenvalue weighted by Gasteiger charge is 2.06. The van der Waals surface area contributed by atoms with Crippen molar-refractivity contribution in [1.82, 2.24) is 9.97 Å². The van der Waals surface area contributed by atoms with E-state index in [1.165, 1.54) is 6.33 Å². The number of aromatic nitrogens is 2. The number of carbonyl (C=O) groups is 1. The van der Waals surface area contributed by atoms with Crippen LogP contribution >= 0.6 is 11.6 Å². The summed E-state index contributed by atoms with van der Waals surface area (Å²) in [5, 5.41) is 3.07. The minimum absolute atomic E-state index is 0.189. The first-order chi connectivity index (χ1) is 7.65. The topological polar surface area (TPSA) is 90.1 Å². The predicted molar refractivity (Wildman–Crippen MR) is 61.2 cm³/mol. The third-order valence-corrected chi connectivity index (χ3v) is 2.06. The van der Waals surface area contributed by atoms with Crippen molar-refractivity contribution in [3.63, 3.8) is 0 Å². The lowest BCUT2D eigenvalue weighted by molar-refractivity contribution is -0.142. The van der Waals surface area contributed by atoms with Gasteiger partial charge in [0.05, 0.1) is 13.0 Å². The lowest BCUT2D eigenvalue weighted by Gasteiger charge is -2.07. The molecule has 0 aromatic carbocycles. The largest absolute Gasteiger partial charge is 0.466 e. The average molecular weight is 245 g/mol. The molecule has 16 heavy (non-hydrogen) atoms. The zero-order valence-electron chi connectivity index (χ0n) is 8.86. The smallest absolute Gasteiger partial charge is 0.307 e. The summed E-state index contributed by atoms with van der Waals surface area (Å²) in [7, 11) is 0. The Kier molecular flexibility index (Phi) is 4.78. The van der Waals surface area contributed by atoms with E-state index >= 15 is 0 Å². The Morgan fingerprint density at radius 3 is 3.06 bits per heavy atom. The summed E-state index contributed by atoms with van der Waals surface area (Å²) in [6.45, 7) is 2.52. The van der Waals surface area contributed by atoms with Gasteiger partial charge in [0.2, 0.25) is 0 Å². The third-order valence-electron chi connectivity index (χ3n) is 1.76. The molecule has 1 rings (SSSR count). The quantitative estimate of drug-likeness (QED) is 0.595. The highest BCUT2D eigenvalue weighted by atomic mass is 35.5. The van der Waals surface area contributed by atoms with Crippen LogP contribution in [0, 0.1) is 0 Å². The fourth-order valence-electron chi connectivity index (χ4n) is 1.03. The Labute approximate surface area is 98.2 Å². The van der Waals surface area contributed by atoms with E-state index < -0.39 is 0 Å². The van der Waals surface area contributed by atoms with Crippen LogP contribution in [0.1, 0.15) is 13.3 Å². The molecule has 0 aliphatic rings. The molecule has 0 bridgehead atoms. The molecule has 0 fully saturated rings. The number of nitrogens with zero attached hydrogens (tertiary/aromatic N) is 2. The van der Waals surface area contributed by atoms with Gasteiger partial charge >= 0.3 is 5.97 Å². The maximum atomic E-state index is 11.0. The molecular formula is C9H13ClN4O2. The summed E-state index contributed by atoms with van der Waals surface area (Å²) in [4.78, 5) is 18.6. The molecule has 0 aliphatic carbocycles. The maximum Gasteiger partial charge on any atom is 0.307 e. The minimum atomic E-state index is -0.270. The van der Waals surface area contributed by atoms with Gasteiger partial charge in [-0.05, 0) is 6.92 Å². The predicted octanol–water partition coefficient (Wildman–Crippen LogP) is 1.08. The first-order valence-electron chi connectivity index (χ1n) is 4.80. The van der Waals surface area contributed by atoms with E-state index in [1.54, 1.807) is 6.92 Å². The Hall–Kier alpha value is -1.56. The number of hydrogen-bond acceptors (Lipinski definition) is 6. The van der Waals surface area contributed by atoms with Crippen molar-refractivity contribution in [3.8, 4) is 0 Å². The van der Waals surface area contributed by atoms with Crippen LogP contribution in [0.2, 0.25) is 5.15 Å². The summed E-state index contributed by atoms with van der Waals surface area (Å²) in [6, 6.07) is 0. The molecule has 0 spiro atoms. The lowest BCUT2D eigenvalue weighted by atomic mass is 10.4. The van der Waals surface area contributed by atoms with Gasteiger partial charge in [0.1, 0.15) is 12.0 Å². The standard InChI is InChI=1S/C9H13ClN4O2/c1-2-16-6(15)3-4-12-9-7(11)8(10)13-5-14-9/h5H,2-4,11H2,1H3,(H,12,13,14). The number of hydrogen-bond donors (Lipinski definition) is 2. The molecule has 6 nitrogen and oxygen atoms in total. The van der Waals surface area contributed by atoms with E-state index in [2.05, 4.69) is 15.3 Å². The Morgan fingerprint density at radius 2 is 2.38 bits per heavy atom. The van der Waals surface area contributed by atoms with Crippen molar-refractivity contribution in [3.05, 3.63) is 11.5 Å². The van der Waals surface area contributed by atoms with E-state index in [0.717, 1.165) is 0 Å². The number of rotatable bonds is 5. The molecule has 88 valence electrons. The molecule has 0 aliphatic heterocycles. The van der Waals surface area contributed by atoms with E-state index in [1.807, 2.05) is 0 Å². The molecule has 0 amide bonds. The number of ether oxygens (including phenoxy) is 1. The van der Waals surface area contributed by atoms with Crippen molar-refractivity contribution in [1.29, 1.82) is 0 Å². The van der Waals surface area contributed by atoms with Crippen LogP contribution in [0.5, 0.6) is 0 Å². The first-order valence-corrected chi connectivity index (χ1v) is 5.18. The summed E-state index contributed by atoms with van der Waals surface area (Å²) in [5.41, 5.74) is 5.89. The van der Waals surface area contributed by atoms with Crippen LogP contribution in [0.15, 0.2) is 6.33 Å². The molecular weight excluding hydrogens is 232 g/mol. The lowest BCUT2D eigenvalue weighted by Crippen LogP contribution is -2.13. The molecule has 0 saturated carbocycles. The number of nitrogens with two attached hydrogens (primary N) is 1. The number of anilines is 2. The molecule has 1 heterocycles. The van der Waals surface area contributed by atoms with Gasteiger partial charge in [-0.25, -0.2) is 9.97 Å². The van der Waals surface area contributed by atoms with Gasteiger partial charge < -0.3 is 15.8 Å².